The van der Waals surface area contributed by atoms with Crippen molar-refractivity contribution in [1.29, 1.82) is 0 Å². The van der Waals surface area contributed by atoms with Crippen LogP contribution in [0.15, 0.2) is 24.3 Å². The van der Waals surface area contributed by atoms with Crippen LogP contribution in [0.3, 0.4) is 0 Å². The third-order valence-electron chi connectivity index (χ3n) is 2.72. The van der Waals surface area contributed by atoms with E-state index in [2.05, 4.69) is 10.6 Å². The maximum Gasteiger partial charge on any atom is 0.418 e. The third-order valence-corrected chi connectivity index (χ3v) is 2.72. The molecule has 112 valence electrons. The lowest BCUT2D eigenvalue weighted by Crippen LogP contribution is -2.31. The molecule has 3 N–H and O–H groups in total. The molecule has 0 aliphatic carbocycles. The molecule has 0 radical (unpaired) electrons. The number of hydrogen-bond donors (Lipinski definition) is 3. The second-order valence-electron chi connectivity index (χ2n) is 4.27. The SMILES string of the molecule is CCC(O)CCNC(=O)Nc1ccccc1C(F)(F)F. The Morgan fingerprint density at radius 2 is 2.00 bits per heavy atom. The number of nitrogens with one attached hydrogen (secondary N) is 2. The van der Waals surface area contributed by atoms with Gasteiger partial charge in [0.2, 0.25) is 0 Å². The monoisotopic (exact) mass is 290 g/mol. The molecule has 20 heavy (non-hydrogen) atoms. The number of hydrogen-bond acceptors (Lipinski definition) is 2. The highest BCUT2D eigenvalue weighted by molar-refractivity contribution is 5.90. The lowest BCUT2D eigenvalue weighted by atomic mass is 10.1. The molecule has 0 spiro atoms. The number of aliphatic hydroxyl groups is 1. The molecule has 0 saturated carbocycles. The van der Waals surface area contributed by atoms with Crippen LogP contribution in [0.1, 0.15) is 25.3 Å². The number of rotatable bonds is 5. The van der Waals surface area contributed by atoms with Crippen molar-refractivity contribution in [1.82, 2.24) is 5.32 Å². The number of amides is 2. The van der Waals surface area contributed by atoms with E-state index >= 15 is 0 Å². The zero-order chi connectivity index (χ0) is 15.2. The summed E-state index contributed by atoms with van der Waals surface area (Å²) in [7, 11) is 0. The number of carbonyl (C=O) groups excluding carboxylic acids is 1. The number of carbonyl (C=O) groups is 1. The molecular formula is C13H17F3N2O2. The molecule has 2 amide bonds. The first-order valence-electron chi connectivity index (χ1n) is 6.23. The summed E-state index contributed by atoms with van der Waals surface area (Å²) >= 11 is 0. The average Bonchev–Trinajstić information content (AvgIpc) is 2.37. The Morgan fingerprint density at radius 1 is 1.35 bits per heavy atom. The van der Waals surface area contributed by atoms with E-state index in [1.165, 1.54) is 18.2 Å². The number of halogens is 3. The van der Waals surface area contributed by atoms with E-state index in [4.69, 9.17) is 0 Å². The van der Waals surface area contributed by atoms with Crippen LogP contribution in [0.25, 0.3) is 0 Å². The Morgan fingerprint density at radius 3 is 2.60 bits per heavy atom. The van der Waals surface area contributed by atoms with Crippen LogP contribution >= 0.6 is 0 Å². The fourth-order valence-electron chi connectivity index (χ4n) is 1.56. The molecule has 4 nitrogen and oxygen atoms in total. The fraction of sp³-hybridized carbons (Fsp3) is 0.462. The predicted octanol–water partition coefficient (Wildman–Crippen LogP) is 2.99. The van der Waals surface area contributed by atoms with Crippen molar-refractivity contribution in [3.05, 3.63) is 29.8 Å². The van der Waals surface area contributed by atoms with Gasteiger partial charge in [-0.15, -0.1) is 0 Å². The normalized spacial score (nSPS) is 12.8. The highest BCUT2D eigenvalue weighted by Crippen LogP contribution is 2.34. The van der Waals surface area contributed by atoms with Crippen molar-refractivity contribution < 1.29 is 23.1 Å². The Bertz CT molecular complexity index is 449. The van der Waals surface area contributed by atoms with E-state index in [1.54, 1.807) is 6.92 Å². The van der Waals surface area contributed by atoms with E-state index < -0.39 is 23.9 Å². The molecule has 1 unspecified atom stereocenters. The summed E-state index contributed by atoms with van der Waals surface area (Å²) in [6.07, 6.45) is -4.15. The lowest BCUT2D eigenvalue weighted by molar-refractivity contribution is -0.136. The van der Waals surface area contributed by atoms with Gasteiger partial charge in [-0.1, -0.05) is 19.1 Å². The Hall–Kier alpha value is -1.76. The second kappa shape index (κ2) is 7.14. The minimum absolute atomic E-state index is 0.190. The summed E-state index contributed by atoms with van der Waals surface area (Å²) in [5.41, 5.74) is -1.20. The first-order valence-corrected chi connectivity index (χ1v) is 6.23. The fourth-order valence-corrected chi connectivity index (χ4v) is 1.56. The van der Waals surface area contributed by atoms with Crippen molar-refractivity contribution in [2.45, 2.75) is 32.0 Å². The van der Waals surface area contributed by atoms with Crippen molar-refractivity contribution in [2.24, 2.45) is 0 Å². The molecule has 0 aliphatic rings. The average molecular weight is 290 g/mol. The van der Waals surface area contributed by atoms with Crippen molar-refractivity contribution in [2.75, 3.05) is 11.9 Å². The first-order chi connectivity index (χ1) is 9.34. The summed E-state index contributed by atoms with van der Waals surface area (Å²) in [6.45, 7) is 1.99. The van der Waals surface area contributed by atoms with Crippen LogP contribution in [0.2, 0.25) is 0 Å². The van der Waals surface area contributed by atoms with Gasteiger partial charge in [-0.2, -0.15) is 13.2 Å². The summed E-state index contributed by atoms with van der Waals surface area (Å²) in [5, 5.41) is 13.8. The van der Waals surface area contributed by atoms with Crippen LogP contribution in [-0.2, 0) is 6.18 Å². The number of para-hydroxylation sites is 1. The van der Waals surface area contributed by atoms with Gasteiger partial charge < -0.3 is 15.7 Å². The maximum atomic E-state index is 12.7. The van der Waals surface area contributed by atoms with Gasteiger partial charge in [0.05, 0.1) is 17.4 Å². The number of anilines is 1. The molecule has 0 aromatic heterocycles. The van der Waals surface area contributed by atoms with Crippen molar-refractivity contribution >= 4 is 11.7 Å². The van der Waals surface area contributed by atoms with E-state index in [0.717, 1.165) is 6.07 Å². The minimum atomic E-state index is -4.53. The van der Waals surface area contributed by atoms with E-state index in [1.807, 2.05) is 0 Å². The van der Waals surface area contributed by atoms with Crippen LogP contribution in [0.4, 0.5) is 23.7 Å². The lowest BCUT2D eigenvalue weighted by Gasteiger charge is -2.14. The topological polar surface area (TPSA) is 61.4 Å². The Kier molecular flexibility index (Phi) is 5.82. The molecule has 1 rings (SSSR count). The van der Waals surface area contributed by atoms with E-state index in [9.17, 15) is 23.1 Å². The molecule has 0 bridgehead atoms. The Balaban J connectivity index is 2.58. The maximum absolute atomic E-state index is 12.7. The summed E-state index contributed by atoms with van der Waals surface area (Å²) in [5.74, 6) is 0. The van der Waals surface area contributed by atoms with Crippen LogP contribution in [-0.4, -0.2) is 23.8 Å². The first kappa shape index (κ1) is 16.3. The van der Waals surface area contributed by atoms with Gasteiger partial charge in [0, 0.05) is 6.54 Å². The molecular weight excluding hydrogens is 273 g/mol. The number of benzene rings is 1. The smallest absolute Gasteiger partial charge is 0.393 e. The molecule has 1 aromatic carbocycles. The molecule has 0 fully saturated rings. The number of alkyl halides is 3. The van der Waals surface area contributed by atoms with Crippen molar-refractivity contribution in [3.8, 4) is 0 Å². The van der Waals surface area contributed by atoms with Gasteiger partial charge >= 0.3 is 12.2 Å². The van der Waals surface area contributed by atoms with Crippen LogP contribution in [0, 0.1) is 0 Å². The van der Waals surface area contributed by atoms with Gasteiger partial charge in [0.1, 0.15) is 0 Å². The van der Waals surface area contributed by atoms with E-state index in [0.29, 0.717) is 12.8 Å². The third kappa shape index (κ3) is 5.08. The quantitative estimate of drug-likeness (QED) is 0.780. The van der Waals surface area contributed by atoms with Gasteiger partial charge in [-0.05, 0) is 25.0 Å². The van der Waals surface area contributed by atoms with Gasteiger partial charge in [0.25, 0.3) is 0 Å². The van der Waals surface area contributed by atoms with E-state index in [-0.39, 0.29) is 12.2 Å². The minimum Gasteiger partial charge on any atom is -0.393 e. The standard InChI is InChI=1S/C13H17F3N2O2/c1-2-9(19)7-8-17-12(20)18-11-6-4-3-5-10(11)13(14,15)16/h3-6,9,19H,2,7-8H2,1H3,(H2,17,18,20). The predicted molar refractivity (Wildman–Crippen MR) is 69.4 cm³/mol. The molecule has 0 saturated heterocycles. The molecule has 1 atom stereocenters. The second-order valence-corrected chi connectivity index (χ2v) is 4.27. The highest BCUT2D eigenvalue weighted by Gasteiger charge is 2.33. The molecule has 1 aromatic rings. The number of aliphatic hydroxyl groups excluding tert-OH is 1. The zero-order valence-electron chi connectivity index (χ0n) is 11.0. The summed E-state index contributed by atoms with van der Waals surface area (Å²) in [4.78, 5) is 11.5. The van der Waals surface area contributed by atoms with Crippen LogP contribution in [0.5, 0.6) is 0 Å². The Labute approximate surface area is 115 Å². The largest absolute Gasteiger partial charge is 0.418 e. The zero-order valence-corrected chi connectivity index (χ0v) is 11.0. The summed E-state index contributed by atoms with van der Waals surface area (Å²) in [6, 6.07) is 4.01. The van der Waals surface area contributed by atoms with Gasteiger partial charge in [0.15, 0.2) is 0 Å². The van der Waals surface area contributed by atoms with Crippen molar-refractivity contribution in [3.63, 3.8) is 0 Å². The van der Waals surface area contributed by atoms with Crippen LogP contribution < -0.4 is 10.6 Å². The number of urea groups is 1. The van der Waals surface area contributed by atoms with Gasteiger partial charge in [-0.25, -0.2) is 4.79 Å². The van der Waals surface area contributed by atoms with Gasteiger partial charge in [-0.3, -0.25) is 0 Å². The highest BCUT2D eigenvalue weighted by atomic mass is 19.4. The molecule has 0 aliphatic heterocycles. The summed E-state index contributed by atoms with van der Waals surface area (Å²) < 4.78 is 38.1. The molecule has 7 heteroatoms. The molecule has 0 heterocycles.